The van der Waals surface area contributed by atoms with Crippen molar-refractivity contribution in [1.29, 1.82) is 5.41 Å². The Morgan fingerprint density at radius 3 is 2.56 bits per heavy atom. The van der Waals surface area contributed by atoms with Gasteiger partial charge in [0.05, 0.1) is 6.04 Å². The molecule has 0 radical (unpaired) electrons. The largest absolute Gasteiger partial charge is 0.504 e. The van der Waals surface area contributed by atoms with Gasteiger partial charge in [-0.1, -0.05) is 12.1 Å². The molecule has 41 heavy (non-hydrogen) atoms. The number of rotatable bonds is 9. The van der Waals surface area contributed by atoms with Gasteiger partial charge in [-0.15, -0.1) is 0 Å². The van der Waals surface area contributed by atoms with E-state index >= 15 is 8.78 Å². The van der Waals surface area contributed by atoms with E-state index < -0.39 is 52.9 Å². The zero-order chi connectivity index (χ0) is 29.3. The van der Waals surface area contributed by atoms with E-state index in [4.69, 9.17) is 31.1 Å². The first-order valence-electron chi connectivity index (χ1n) is 12.3. The Morgan fingerprint density at radius 2 is 1.90 bits per heavy atom. The molecule has 14 heteroatoms. The fourth-order valence-corrected chi connectivity index (χ4v) is 4.22. The van der Waals surface area contributed by atoms with E-state index in [-0.39, 0.29) is 35.9 Å². The summed E-state index contributed by atoms with van der Waals surface area (Å²) in [6.45, 7) is 0.0916. The van der Waals surface area contributed by atoms with Gasteiger partial charge in [0.25, 0.3) is 11.8 Å². The molecule has 0 saturated carbocycles. The summed E-state index contributed by atoms with van der Waals surface area (Å²) in [5, 5.41) is 20.7. The third kappa shape index (κ3) is 5.72. The number of nitrogens with two attached hydrogens (primary N) is 2. The molecule has 1 amide bonds. The highest BCUT2D eigenvalue weighted by Gasteiger charge is 2.33. The number of hydrogen-bond donors (Lipinski definition) is 5. The Kier molecular flexibility index (Phi) is 7.40. The van der Waals surface area contributed by atoms with Gasteiger partial charge in [0.15, 0.2) is 11.5 Å². The number of ether oxygens (including phenoxy) is 3. The first kappa shape index (κ1) is 27.3. The molecule has 2 atom stereocenters. The predicted octanol–water partition coefficient (Wildman–Crippen LogP) is 2.93. The Morgan fingerprint density at radius 1 is 1.15 bits per heavy atom. The maximum atomic E-state index is 15.7. The van der Waals surface area contributed by atoms with Crippen LogP contribution in [0.2, 0.25) is 0 Å². The van der Waals surface area contributed by atoms with Crippen LogP contribution in [-0.2, 0) is 11.8 Å². The molecule has 2 aromatic heterocycles. The topological polar surface area (TPSA) is 184 Å². The van der Waals surface area contributed by atoms with Crippen molar-refractivity contribution < 1.29 is 32.9 Å². The number of primary amides is 1. The van der Waals surface area contributed by atoms with Crippen molar-refractivity contribution in [3.63, 3.8) is 0 Å². The molecule has 7 N–H and O–H groups in total. The van der Waals surface area contributed by atoms with Crippen LogP contribution < -0.4 is 31.0 Å². The van der Waals surface area contributed by atoms with Crippen molar-refractivity contribution in [2.45, 2.75) is 18.6 Å². The summed E-state index contributed by atoms with van der Waals surface area (Å²) in [5.74, 6) is -5.85. The Labute approximate surface area is 232 Å². The van der Waals surface area contributed by atoms with Crippen LogP contribution in [0.5, 0.6) is 34.8 Å². The van der Waals surface area contributed by atoms with Gasteiger partial charge in [0.1, 0.15) is 23.5 Å². The highest BCUT2D eigenvalue weighted by atomic mass is 19.1. The third-order valence-electron chi connectivity index (χ3n) is 6.30. The molecule has 0 aliphatic carbocycles. The van der Waals surface area contributed by atoms with E-state index in [2.05, 4.69) is 15.3 Å². The number of carbonyl (C=O) groups excluding carboxylic acids is 1. The Hall–Kier alpha value is -5.24. The summed E-state index contributed by atoms with van der Waals surface area (Å²) in [4.78, 5) is 19.7. The number of phenols is 1. The number of imidazole rings is 1. The zero-order valence-corrected chi connectivity index (χ0v) is 21.6. The molecule has 1 aliphatic heterocycles. The fourth-order valence-electron chi connectivity index (χ4n) is 4.22. The predicted molar refractivity (Wildman–Crippen MR) is 142 cm³/mol. The van der Waals surface area contributed by atoms with Gasteiger partial charge < -0.3 is 40.7 Å². The van der Waals surface area contributed by atoms with Crippen LogP contribution >= 0.6 is 0 Å². The van der Waals surface area contributed by atoms with Gasteiger partial charge in [0, 0.05) is 43.5 Å². The summed E-state index contributed by atoms with van der Waals surface area (Å²) in [6.07, 6.45) is 2.62. The highest BCUT2D eigenvalue weighted by molar-refractivity contribution is 5.95. The van der Waals surface area contributed by atoms with Crippen LogP contribution in [0.1, 0.15) is 12.0 Å². The van der Waals surface area contributed by atoms with Crippen LogP contribution in [0.3, 0.4) is 0 Å². The molecule has 1 fully saturated rings. The number of carbonyl (C=O) groups is 1. The minimum absolute atomic E-state index is 0.0655. The maximum Gasteiger partial charge on any atom is 0.263 e. The summed E-state index contributed by atoms with van der Waals surface area (Å²) in [6, 6.07) is 9.58. The first-order chi connectivity index (χ1) is 19.6. The zero-order valence-electron chi connectivity index (χ0n) is 21.6. The van der Waals surface area contributed by atoms with Gasteiger partial charge in [-0.3, -0.25) is 10.2 Å². The average Bonchev–Trinajstić information content (AvgIpc) is 3.59. The normalized spacial score (nSPS) is 16.4. The number of nitrogen functional groups attached to an aromatic ring is 1. The lowest BCUT2D eigenvalue weighted by Gasteiger charge is -2.18. The quantitative estimate of drug-likeness (QED) is 0.150. The molecule has 5 rings (SSSR count). The van der Waals surface area contributed by atoms with Crippen LogP contribution in [0, 0.1) is 17.0 Å². The number of nitrogens with zero attached hydrogens (tertiary/aromatic N) is 3. The number of pyridine rings is 1. The van der Waals surface area contributed by atoms with Crippen molar-refractivity contribution >= 4 is 11.7 Å². The second kappa shape index (κ2) is 11.1. The minimum atomic E-state index is -1.33. The summed E-state index contributed by atoms with van der Waals surface area (Å²) < 4.78 is 50.0. The van der Waals surface area contributed by atoms with Crippen LogP contribution in [-0.4, -0.2) is 50.1 Å². The lowest BCUT2D eigenvalue weighted by molar-refractivity contribution is -0.119. The summed E-state index contributed by atoms with van der Waals surface area (Å²) in [7, 11) is 1.81. The summed E-state index contributed by atoms with van der Waals surface area (Å²) >= 11 is 0. The highest BCUT2D eigenvalue weighted by Crippen LogP contribution is 2.40. The number of phenolic OH excluding ortho intramolecular Hbond substituents is 1. The lowest BCUT2D eigenvalue weighted by atomic mass is 10.2. The molecule has 1 saturated heterocycles. The van der Waals surface area contributed by atoms with Crippen molar-refractivity contribution in [3.8, 4) is 46.1 Å². The molecule has 3 heterocycles. The second-order valence-corrected chi connectivity index (χ2v) is 9.21. The third-order valence-corrected chi connectivity index (χ3v) is 6.30. The van der Waals surface area contributed by atoms with Crippen molar-refractivity contribution in [3.05, 3.63) is 72.1 Å². The minimum Gasteiger partial charge on any atom is -0.504 e. The number of amidine groups is 1. The van der Waals surface area contributed by atoms with Crippen LogP contribution in [0.4, 0.5) is 8.78 Å². The number of halogens is 2. The van der Waals surface area contributed by atoms with Gasteiger partial charge >= 0.3 is 0 Å². The summed E-state index contributed by atoms with van der Waals surface area (Å²) in [5.41, 5.74) is 11.7. The van der Waals surface area contributed by atoms with E-state index in [1.54, 1.807) is 41.2 Å². The number of aryl methyl sites for hydroxylation is 1. The first-order valence-corrected chi connectivity index (χ1v) is 12.3. The van der Waals surface area contributed by atoms with E-state index in [0.29, 0.717) is 11.4 Å². The number of aromatic nitrogens is 3. The van der Waals surface area contributed by atoms with E-state index in [0.717, 1.165) is 0 Å². The molecule has 2 unspecified atom stereocenters. The molecule has 212 valence electrons. The Balaban J connectivity index is 1.54. The smallest absolute Gasteiger partial charge is 0.263 e. The molecule has 4 aromatic rings. The van der Waals surface area contributed by atoms with E-state index in [9.17, 15) is 9.90 Å². The number of aromatic hydroxyl groups is 1. The lowest BCUT2D eigenvalue weighted by Crippen LogP contribution is -2.36. The molecular weight excluding hydrogens is 540 g/mol. The monoisotopic (exact) mass is 565 g/mol. The SMILES string of the molecule is Cn1ccnc1-c1cccc(Oc2nc(Oc3cc(C(=N)N)ccc3O)c(F)c(OC3CNC(C(N)=O)C3)c2F)c1. The molecular formula is C27H25F2N7O5. The molecule has 2 aromatic carbocycles. The van der Waals surface area contributed by atoms with Gasteiger partial charge in [-0.2, -0.15) is 13.8 Å². The number of nitrogens with one attached hydrogen (secondary N) is 2. The van der Waals surface area contributed by atoms with Gasteiger partial charge in [0.2, 0.25) is 23.3 Å². The van der Waals surface area contributed by atoms with Crippen molar-refractivity contribution in [1.82, 2.24) is 19.9 Å². The molecule has 12 nitrogen and oxygen atoms in total. The Bertz CT molecular complexity index is 1640. The number of hydrogen-bond acceptors (Lipinski definition) is 9. The molecule has 1 aliphatic rings. The van der Waals surface area contributed by atoms with E-state index in [1.165, 1.54) is 18.2 Å². The maximum absolute atomic E-state index is 15.7. The van der Waals surface area contributed by atoms with Crippen molar-refractivity contribution in [2.75, 3.05) is 6.54 Å². The molecule has 0 bridgehead atoms. The van der Waals surface area contributed by atoms with Crippen LogP contribution in [0.25, 0.3) is 11.4 Å². The number of benzene rings is 2. The fraction of sp³-hybridized carbons (Fsp3) is 0.185. The van der Waals surface area contributed by atoms with Crippen molar-refractivity contribution in [2.24, 2.45) is 18.5 Å². The van der Waals surface area contributed by atoms with Crippen LogP contribution in [0.15, 0.2) is 54.9 Å². The average molecular weight is 566 g/mol. The molecule has 0 spiro atoms. The van der Waals surface area contributed by atoms with E-state index in [1.807, 2.05) is 7.05 Å². The number of amides is 1. The van der Waals surface area contributed by atoms with Gasteiger partial charge in [-0.25, -0.2) is 4.98 Å². The second-order valence-electron chi connectivity index (χ2n) is 9.21. The van der Waals surface area contributed by atoms with Gasteiger partial charge in [-0.05, 0) is 30.3 Å². The standard InChI is InChI=1S/C27H25F2N7O5/c1-36-8-7-33-25(36)14-3-2-4-15(9-14)40-26-20(28)22(39-16-11-17(24(32)38)34-12-16)21(29)27(35-26)41-19-10-13(23(30)31)5-6-18(19)37/h2-10,16-17,34,37H,11-12H2,1H3,(H3,30,31)(H2,32,38).